The number of hydrogen-bond acceptors (Lipinski definition) is 3. The zero-order valence-corrected chi connectivity index (χ0v) is 18.5. The minimum atomic E-state index is -0.488. The fourth-order valence-corrected chi connectivity index (χ4v) is 3.82. The number of benzene rings is 2. The molecular formula is C24H32N2O2S. The van der Waals surface area contributed by atoms with Crippen molar-refractivity contribution in [2.75, 3.05) is 12.3 Å². The van der Waals surface area contributed by atoms with Gasteiger partial charge in [-0.15, -0.1) is 11.8 Å². The van der Waals surface area contributed by atoms with E-state index in [0.717, 1.165) is 24.2 Å². The van der Waals surface area contributed by atoms with Gasteiger partial charge in [-0.1, -0.05) is 67.6 Å². The largest absolute Gasteiger partial charge is 0.352 e. The van der Waals surface area contributed by atoms with Crippen molar-refractivity contribution in [1.29, 1.82) is 0 Å². The summed E-state index contributed by atoms with van der Waals surface area (Å²) in [6, 6.07) is 19.8. The first-order valence-corrected chi connectivity index (χ1v) is 11.4. The first kappa shape index (κ1) is 23.0. The summed E-state index contributed by atoms with van der Waals surface area (Å²) in [4.78, 5) is 27.4. The Morgan fingerprint density at radius 2 is 1.55 bits per heavy atom. The number of carbonyl (C=O) groups excluding carboxylic acids is 2. The molecule has 0 aliphatic carbocycles. The van der Waals surface area contributed by atoms with E-state index in [1.807, 2.05) is 57.2 Å². The lowest BCUT2D eigenvalue weighted by Gasteiger charge is -2.29. The van der Waals surface area contributed by atoms with Crippen LogP contribution in [0.4, 0.5) is 0 Å². The number of nitrogens with zero attached hydrogens (tertiary/aromatic N) is 1. The van der Waals surface area contributed by atoms with Crippen LogP contribution in [0, 0.1) is 0 Å². The van der Waals surface area contributed by atoms with Crippen LogP contribution in [0.1, 0.15) is 38.3 Å². The smallest absolute Gasteiger partial charge is 0.242 e. The summed E-state index contributed by atoms with van der Waals surface area (Å²) in [5.41, 5.74) is 2.36. The van der Waals surface area contributed by atoms with Crippen molar-refractivity contribution >= 4 is 23.6 Å². The van der Waals surface area contributed by atoms with Gasteiger partial charge in [0.2, 0.25) is 11.8 Å². The topological polar surface area (TPSA) is 49.4 Å². The van der Waals surface area contributed by atoms with Crippen LogP contribution in [-0.2, 0) is 21.8 Å². The molecule has 0 spiro atoms. The normalized spacial score (nSPS) is 12.8. The molecule has 2 rings (SSSR count). The summed E-state index contributed by atoms with van der Waals surface area (Å²) in [5.74, 6) is 1.07. The van der Waals surface area contributed by atoms with Gasteiger partial charge in [0.05, 0.1) is 5.75 Å². The predicted molar refractivity (Wildman–Crippen MR) is 122 cm³/mol. The van der Waals surface area contributed by atoms with Crippen LogP contribution < -0.4 is 5.32 Å². The maximum absolute atomic E-state index is 13.0. The summed E-state index contributed by atoms with van der Waals surface area (Å²) >= 11 is 1.59. The Balaban J connectivity index is 1.99. The minimum absolute atomic E-state index is 0.00802. The summed E-state index contributed by atoms with van der Waals surface area (Å²) < 4.78 is 0. The molecule has 0 aromatic heterocycles. The quantitative estimate of drug-likeness (QED) is 0.599. The second-order valence-corrected chi connectivity index (χ2v) is 8.28. The summed E-state index contributed by atoms with van der Waals surface area (Å²) in [6.45, 7) is 6.37. The summed E-state index contributed by atoms with van der Waals surface area (Å²) in [7, 11) is 0. The molecule has 0 aliphatic rings. The van der Waals surface area contributed by atoms with Crippen LogP contribution in [0.3, 0.4) is 0 Å². The molecule has 1 N–H and O–H groups in total. The molecule has 0 saturated carbocycles. The number of thioether (sulfide) groups is 1. The van der Waals surface area contributed by atoms with Gasteiger partial charge in [-0.05, 0) is 37.8 Å². The van der Waals surface area contributed by atoms with Crippen LogP contribution in [0.5, 0.6) is 0 Å². The Hall–Kier alpha value is -2.27. The minimum Gasteiger partial charge on any atom is -0.352 e. The lowest BCUT2D eigenvalue weighted by molar-refractivity contribution is -0.138. The number of carbonyl (C=O) groups is 2. The van der Waals surface area contributed by atoms with Gasteiger partial charge in [0.15, 0.2) is 0 Å². The fourth-order valence-electron chi connectivity index (χ4n) is 2.95. The van der Waals surface area contributed by atoms with E-state index in [4.69, 9.17) is 0 Å². The van der Waals surface area contributed by atoms with Crippen LogP contribution in [-0.4, -0.2) is 41.1 Å². The first-order valence-electron chi connectivity index (χ1n) is 10.3. The van der Waals surface area contributed by atoms with E-state index in [9.17, 15) is 9.59 Å². The van der Waals surface area contributed by atoms with Crippen molar-refractivity contribution in [3.8, 4) is 0 Å². The third-order valence-electron chi connectivity index (χ3n) is 4.99. The van der Waals surface area contributed by atoms with Gasteiger partial charge in [-0.25, -0.2) is 0 Å². The highest BCUT2D eigenvalue weighted by Gasteiger charge is 2.26. The van der Waals surface area contributed by atoms with Gasteiger partial charge in [0, 0.05) is 18.3 Å². The van der Waals surface area contributed by atoms with Gasteiger partial charge in [0.25, 0.3) is 0 Å². The zero-order valence-electron chi connectivity index (χ0n) is 17.6. The van der Waals surface area contributed by atoms with Crippen molar-refractivity contribution in [2.24, 2.45) is 0 Å². The second kappa shape index (κ2) is 12.3. The molecule has 2 atom stereocenters. The molecule has 0 unspecified atom stereocenters. The van der Waals surface area contributed by atoms with Crippen molar-refractivity contribution in [3.63, 3.8) is 0 Å². The van der Waals surface area contributed by atoms with Gasteiger partial charge in [0.1, 0.15) is 6.04 Å². The predicted octanol–water partition coefficient (Wildman–Crippen LogP) is 4.29. The van der Waals surface area contributed by atoms with E-state index in [-0.39, 0.29) is 17.9 Å². The Bertz CT molecular complexity index is 752. The van der Waals surface area contributed by atoms with Crippen molar-refractivity contribution < 1.29 is 9.59 Å². The highest BCUT2D eigenvalue weighted by molar-refractivity contribution is 7.99. The molecule has 0 fully saturated rings. The van der Waals surface area contributed by atoms with Crippen LogP contribution in [0.15, 0.2) is 60.7 Å². The van der Waals surface area contributed by atoms with E-state index < -0.39 is 6.04 Å². The van der Waals surface area contributed by atoms with E-state index >= 15 is 0 Å². The number of amides is 2. The third kappa shape index (κ3) is 7.94. The van der Waals surface area contributed by atoms with Crippen molar-refractivity contribution in [3.05, 3.63) is 71.8 Å². The maximum Gasteiger partial charge on any atom is 0.242 e. The molecule has 0 heterocycles. The fraction of sp³-hybridized carbons (Fsp3) is 0.417. The molecule has 2 amide bonds. The molecule has 2 aromatic rings. The van der Waals surface area contributed by atoms with E-state index in [1.54, 1.807) is 16.7 Å². The Kier molecular flexibility index (Phi) is 9.78. The second-order valence-electron chi connectivity index (χ2n) is 7.29. The van der Waals surface area contributed by atoms with Gasteiger partial charge in [-0.2, -0.15) is 0 Å². The monoisotopic (exact) mass is 412 g/mol. The summed E-state index contributed by atoms with van der Waals surface area (Å²) in [5, 5.41) is 3.01. The molecule has 2 aromatic carbocycles. The van der Waals surface area contributed by atoms with Crippen LogP contribution in [0.25, 0.3) is 0 Å². The Morgan fingerprint density at radius 1 is 0.966 bits per heavy atom. The highest BCUT2D eigenvalue weighted by atomic mass is 32.2. The molecular weight excluding hydrogens is 380 g/mol. The van der Waals surface area contributed by atoms with Crippen LogP contribution in [0.2, 0.25) is 0 Å². The van der Waals surface area contributed by atoms with E-state index in [2.05, 4.69) is 29.6 Å². The third-order valence-corrected chi connectivity index (χ3v) is 5.98. The average Bonchev–Trinajstić information content (AvgIpc) is 2.75. The van der Waals surface area contributed by atoms with Gasteiger partial charge < -0.3 is 10.2 Å². The molecule has 0 radical (unpaired) electrons. The SMILES string of the molecule is CC[C@@H](C)NC(=O)[C@H](C)N(CCc1ccccc1)C(=O)CSCc1ccccc1. The number of rotatable bonds is 11. The standard InChI is InChI=1S/C24H32N2O2S/c1-4-19(2)25-24(28)20(3)26(16-15-21-11-7-5-8-12-21)23(27)18-29-17-22-13-9-6-10-14-22/h5-14,19-20H,4,15-18H2,1-3H3,(H,25,28)/t19-,20+/m1/s1. The molecule has 0 bridgehead atoms. The van der Waals surface area contributed by atoms with E-state index in [1.165, 1.54) is 5.56 Å². The summed E-state index contributed by atoms with van der Waals surface area (Å²) in [6.07, 6.45) is 1.60. The average molecular weight is 413 g/mol. The van der Waals surface area contributed by atoms with Gasteiger partial charge >= 0.3 is 0 Å². The Morgan fingerprint density at radius 3 is 2.14 bits per heavy atom. The van der Waals surface area contributed by atoms with Gasteiger partial charge in [-0.3, -0.25) is 9.59 Å². The van der Waals surface area contributed by atoms with Crippen molar-refractivity contribution in [2.45, 2.75) is 51.4 Å². The lowest BCUT2D eigenvalue weighted by atomic mass is 10.1. The zero-order chi connectivity index (χ0) is 21.1. The number of nitrogens with one attached hydrogen (secondary N) is 1. The molecule has 4 nitrogen and oxygen atoms in total. The maximum atomic E-state index is 13.0. The van der Waals surface area contributed by atoms with Crippen molar-refractivity contribution in [1.82, 2.24) is 10.2 Å². The molecule has 0 saturated heterocycles. The van der Waals surface area contributed by atoms with Crippen LogP contribution >= 0.6 is 11.8 Å². The highest BCUT2D eigenvalue weighted by Crippen LogP contribution is 2.14. The number of hydrogen-bond donors (Lipinski definition) is 1. The first-order chi connectivity index (χ1) is 14.0. The van der Waals surface area contributed by atoms with E-state index in [0.29, 0.717) is 12.3 Å². The molecule has 156 valence electrons. The molecule has 0 aliphatic heterocycles. The lowest BCUT2D eigenvalue weighted by Crippen LogP contribution is -2.51. The Labute approximate surface area is 179 Å². The molecule has 5 heteroatoms. The molecule has 29 heavy (non-hydrogen) atoms.